The number of methoxy groups -OCH3 is 2. The summed E-state index contributed by atoms with van der Waals surface area (Å²) in [5.41, 5.74) is 1.85. The Hall–Kier alpha value is -2.69. The van der Waals surface area contributed by atoms with Gasteiger partial charge >= 0.3 is 0 Å². The molecule has 0 aliphatic rings. The average Bonchev–Trinajstić information content (AvgIpc) is 2.61. The van der Waals surface area contributed by atoms with E-state index in [1.165, 1.54) is 0 Å². The molecule has 0 fully saturated rings. The molecule has 0 bridgehead atoms. The van der Waals surface area contributed by atoms with E-state index in [9.17, 15) is 9.90 Å². The van der Waals surface area contributed by atoms with Gasteiger partial charge in [-0.05, 0) is 42.2 Å². The van der Waals surface area contributed by atoms with E-state index in [0.717, 1.165) is 11.1 Å². The fraction of sp³-hybridized carbons (Fsp3) is 0.316. The summed E-state index contributed by atoms with van der Waals surface area (Å²) in [7, 11) is 3.18. The Morgan fingerprint density at radius 1 is 1.04 bits per heavy atom. The van der Waals surface area contributed by atoms with Crippen LogP contribution >= 0.6 is 0 Å². The molecule has 0 atom stereocenters. The predicted octanol–water partition coefficient (Wildman–Crippen LogP) is 2.70. The molecule has 5 heteroatoms. The third kappa shape index (κ3) is 4.91. The van der Waals surface area contributed by atoms with E-state index in [1.807, 2.05) is 30.3 Å². The maximum Gasteiger partial charge on any atom is 0.220 e. The molecule has 0 heterocycles. The van der Waals surface area contributed by atoms with Gasteiger partial charge in [0, 0.05) is 13.0 Å². The quantitative estimate of drug-likeness (QED) is 0.781. The SMILES string of the molecule is COc1ccc(CCC(=O)NCCc2ccccc2O)cc1OC. The number of aromatic hydroxyl groups is 1. The lowest BCUT2D eigenvalue weighted by atomic mass is 10.1. The number of ether oxygens (including phenoxy) is 2. The van der Waals surface area contributed by atoms with Gasteiger partial charge in [0.15, 0.2) is 11.5 Å². The van der Waals surface area contributed by atoms with Crippen LogP contribution in [0.4, 0.5) is 0 Å². The predicted molar refractivity (Wildman–Crippen MR) is 92.7 cm³/mol. The molecule has 0 aromatic heterocycles. The topological polar surface area (TPSA) is 67.8 Å². The number of amides is 1. The van der Waals surface area contributed by atoms with Gasteiger partial charge in [-0.1, -0.05) is 24.3 Å². The lowest BCUT2D eigenvalue weighted by Gasteiger charge is -2.10. The first-order valence-corrected chi connectivity index (χ1v) is 7.88. The number of nitrogens with one attached hydrogen (secondary N) is 1. The molecule has 0 saturated heterocycles. The highest BCUT2D eigenvalue weighted by Crippen LogP contribution is 2.27. The molecule has 0 aliphatic carbocycles. The van der Waals surface area contributed by atoms with Crippen molar-refractivity contribution >= 4 is 5.91 Å². The Labute approximate surface area is 142 Å². The highest BCUT2D eigenvalue weighted by Gasteiger charge is 2.07. The van der Waals surface area contributed by atoms with Crippen LogP contribution in [0.3, 0.4) is 0 Å². The molecule has 2 aromatic carbocycles. The van der Waals surface area contributed by atoms with Crippen LogP contribution in [0.25, 0.3) is 0 Å². The van der Waals surface area contributed by atoms with Crippen molar-refractivity contribution in [1.82, 2.24) is 5.32 Å². The molecule has 2 N–H and O–H groups in total. The maximum atomic E-state index is 11.9. The van der Waals surface area contributed by atoms with E-state index in [-0.39, 0.29) is 11.7 Å². The number of carbonyl (C=O) groups is 1. The molecule has 2 rings (SSSR count). The first-order chi connectivity index (χ1) is 11.6. The standard InChI is InChI=1S/C19H23NO4/c1-23-17-9-7-14(13-18(17)24-2)8-10-19(22)20-12-11-15-5-3-4-6-16(15)21/h3-7,9,13,21H,8,10-12H2,1-2H3,(H,20,22). The van der Waals surface area contributed by atoms with Gasteiger partial charge in [0.05, 0.1) is 14.2 Å². The summed E-state index contributed by atoms with van der Waals surface area (Å²) in [6, 6.07) is 12.8. The lowest BCUT2D eigenvalue weighted by molar-refractivity contribution is -0.121. The normalized spacial score (nSPS) is 10.2. The van der Waals surface area contributed by atoms with Crippen molar-refractivity contribution in [1.29, 1.82) is 0 Å². The lowest BCUT2D eigenvalue weighted by Crippen LogP contribution is -2.25. The van der Waals surface area contributed by atoms with Crippen LogP contribution in [0, 0.1) is 0 Å². The summed E-state index contributed by atoms with van der Waals surface area (Å²) in [5.74, 6) is 1.58. The number of phenolic OH excluding ortho intramolecular Hbond substituents is 1. The third-order valence-electron chi connectivity index (χ3n) is 3.80. The molecule has 0 radical (unpaired) electrons. The molecule has 0 unspecified atom stereocenters. The summed E-state index contributed by atoms with van der Waals surface area (Å²) in [5, 5.41) is 12.6. The monoisotopic (exact) mass is 329 g/mol. The molecular weight excluding hydrogens is 306 g/mol. The molecule has 0 spiro atoms. The fourth-order valence-electron chi connectivity index (χ4n) is 2.44. The van der Waals surface area contributed by atoms with Gasteiger partial charge in [-0.2, -0.15) is 0 Å². The summed E-state index contributed by atoms with van der Waals surface area (Å²) < 4.78 is 10.5. The molecule has 2 aromatic rings. The van der Waals surface area contributed by atoms with E-state index < -0.39 is 0 Å². The Kier molecular flexibility index (Phi) is 6.49. The van der Waals surface area contributed by atoms with Crippen LogP contribution in [0.15, 0.2) is 42.5 Å². The van der Waals surface area contributed by atoms with Gasteiger partial charge < -0.3 is 19.9 Å². The van der Waals surface area contributed by atoms with Crippen LogP contribution in [0.5, 0.6) is 17.2 Å². The first kappa shape index (κ1) is 17.7. The Balaban J connectivity index is 1.78. The van der Waals surface area contributed by atoms with Gasteiger partial charge in [-0.15, -0.1) is 0 Å². The van der Waals surface area contributed by atoms with Crippen molar-refractivity contribution in [2.75, 3.05) is 20.8 Å². The van der Waals surface area contributed by atoms with Crippen LogP contribution < -0.4 is 14.8 Å². The van der Waals surface area contributed by atoms with Crippen molar-refractivity contribution in [3.8, 4) is 17.2 Å². The van der Waals surface area contributed by atoms with Gasteiger partial charge in [0.25, 0.3) is 0 Å². The number of hydrogen-bond acceptors (Lipinski definition) is 4. The largest absolute Gasteiger partial charge is 0.508 e. The number of benzene rings is 2. The summed E-state index contributed by atoms with van der Waals surface area (Å²) >= 11 is 0. The van der Waals surface area contributed by atoms with E-state index >= 15 is 0 Å². The van der Waals surface area contributed by atoms with Crippen molar-refractivity contribution < 1.29 is 19.4 Å². The number of hydrogen-bond donors (Lipinski definition) is 2. The third-order valence-corrected chi connectivity index (χ3v) is 3.80. The van der Waals surface area contributed by atoms with Gasteiger partial charge in [0.1, 0.15) is 5.75 Å². The van der Waals surface area contributed by atoms with Crippen LogP contribution in [-0.4, -0.2) is 31.8 Å². The molecule has 24 heavy (non-hydrogen) atoms. The number of para-hydroxylation sites is 1. The van der Waals surface area contributed by atoms with Crippen molar-refractivity contribution in [3.63, 3.8) is 0 Å². The maximum absolute atomic E-state index is 11.9. The van der Waals surface area contributed by atoms with Gasteiger partial charge in [-0.3, -0.25) is 4.79 Å². The molecular formula is C19H23NO4. The number of aryl methyl sites for hydroxylation is 1. The molecule has 5 nitrogen and oxygen atoms in total. The number of phenols is 1. The second kappa shape index (κ2) is 8.82. The van der Waals surface area contributed by atoms with Crippen LogP contribution in [0.1, 0.15) is 17.5 Å². The highest BCUT2D eigenvalue weighted by atomic mass is 16.5. The summed E-state index contributed by atoms with van der Waals surface area (Å²) in [6.45, 7) is 0.502. The Morgan fingerprint density at radius 3 is 2.50 bits per heavy atom. The smallest absolute Gasteiger partial charge is 0.220 e. The summed E-state index contributed by atoms with van der Waals surface area (Å²) in [4.78, 5) is 11.9. The van der Waals surface area contributed by atoms with Gasteiger partial charge in [-0.25, -0.2) is 0 Å². The minimum Gasteiger partial charge on any atom is -0.508 e. The minimum absolute atomic E-state index is 0.0137. The summed E-state index contributed by atoms with van der Waals surface area (Å²) in [6.07, 6.45) is 1.63. The molecule has 0 aliphatic heterocycles. The van der Waals surface area contributed by atoms with E-state index in [2.05, 4.69) is 5.32 Å². The second-order valence-electron chi connectivity index (χ2n) is 5.42. The van der Waals surface area contributed by atoms with Crippen LogP contribution in [-0.2, 0) is 17.6 Å². The van der Waals surface area contributed by atoms with E-state index in [1.54, 1.807) is 26.4 Å². The second-order valence-corrected chi connectivity index (χ2v) is 5.42. The van der Waals surface area contributed by atoms with Crippen molar-refractivity contribution in [3.05, 3.63) is 53.6 Å². The zero-order valence-corrected chi connectivity index (χ0v) is 14.0. The Bertz CT molecular complexity index is 685. The fourth-order valence-corrected chi connectivity index (χ4v) is 2.44. The molecule has 128 valence electrons. The number of rotatable bonds is 8. The van der Waals surface area contributed by atoms with Crippen LogP contribution in [0.2, 0.25) is 0 Å². The van der Waals surface area contributed by atoms with E-state index in [0.29, 0.717) is 37.3 Å². The Morgan fingerprint density at radius 2 is 1.79 bits per heavy atom. The minimum atomic E-state index is -0.0137. The first-order valence-electron chi connectivity index (χ1n) is 7.88. The molecule has 1 amide bonds. The highest BCUT2D eigenvalue weighted by molar-refractivity contribution is 5.76. The van der Waals surface area contributed by atoms with Crippen molar-refractivity contribution in [2.24, 2.45) is 0 Å². The van der Waals surface area contributed by atoms with Crippen molar-refractivity contribution in [2.45, 2.75) is 19.3 Å². The number of carbonyl (C=O) groups excluding carboxylic acids is 1. The average molecular weight is 329 g/mol. The van der Waals surface area contributed by atoms with Gasteiger partial charge in [0.2, 0.25) is 5.91 Å². The zero-order valence-electron chi connectivity index (χ0n) is 14.0. The zero-order chi connectivity index (χ0) is 17.4. The van der Waals surface area contributed by atoms with E-state index in [4.69, 9.17) is 9.47 Å². The molecule has 0 saturated carbocycles.